The van der Waals surface area contributed by atoms with Crippen molar-refractivity contribution in [3.63, 3.8) is 0 Å². The molecule has 26 nitrogen and oxygen atoms in total. The highest BCUT2D eigenvalue weighted by Crippen LogP contribution is 2.43. The summed E-state index contributed by atoms with van der Waals surface area (Å²) in [5, 5.41) is 29.5. The molecule has 0 bridgehead atoms. The number of fused-ring (bicyclic) bond motifs is 6. The van der Waals surface area contributed by atoms with Crippen LogP contribution in [-0.4, -0.2) is 161 Å². The molecule has 4 heterocycles. The lowest BCUT2D eigenvalue weighted by atomic mass is 9.93. The lowest BCUT2D eigenvalue weighted by molar-refractivity contribution is -0.131. The fourth-order valence-corrected chi connectivity index (χ4v) is 13.9. The van der Waals surface area contributed by atoms with Gasteiger partial charge in [0.25, 0.3) is 16.0 Å². The number of nitrogens with one attached hydrogen (secondary N) is 8. The summed E-state index contributed by atoms with van der Waals surface area (Å²) < 4.78 is 48.6. The van der Waals surface area contributed by atoms with Crippen LogP contribution in [0.3, 0.4) is 0 Å². The molecular formula is C67H94N12O14S2. The van der Waals surface area contributed by atoms with E-state index in [1.165, 1.54) is 0 Å². The Morgan fingerprint density at radius 3 is 2.09 bits per heavy atom. The van der Waals surface area contributed by atoms with Gasteiger partial charge in [0.1, 0.15) is 30.7 Å². The molecule has 0 radical (unpaired) electrons. The van der Waals surface area contributed by atoms with E-state index in [2.05, 4.69) is 42.5 Å². The molecule has 9 amide bonds. The summed E-state index contributed by atoms with van der Waals surface area (Å²) in [6.45, 7) is 19.0. The fraction of sp³-hybridized carbons (Fsp3) is 0.567. The van der Waals surface area contributed by atoms with E-state index in [9.17, 15) is 56.1 Å². The molecule has 4 unspecified atom stereocenters. The van der Waals surface area contributed by atoms with Crippen molar-refractivity contribution >= 4 is 81.4 Å². The van der Waals surface area contributed by atoms with Gasteiger partial charge < -0.3 is 61.7 Å². The van der Waals surface area contributed by atoms with Crippen LogP contribution in [0, 0.1) is 23.2 Å². The molecule has 28 heteroatoms. The number of aldehydes is 1. The van der Waals surface area contributed by atoms with Crippen LogP contribution < -0.4 is 47.4 Å². The minimum Gasteiger partial charge on any atom is -0.445 e. The number of rotatable bonds is 34. The normalized spacial score (nSPS) is 17.3. The van der Waals surface area contributed by atoms with E-state index in [1.807, 2.05) is 110 Å². The zero-order valence-electron chi connectivity index (χ0n) is 56.0. The van der Waals surface area contributed by atoms with Gasteiger partial charge in [-0.05, 0) is 93.0 Å². The zero-order chi connectivity index (χ0) is 69.4. The van der Waals surface area contributed by atoms with E-state index in [4.69, 9.17) is 19.8 Å². The predicted octanol–water partition coefficient (Wildman–Crippen LogP) is 6.17. The van der Waals surface area contributed by atoms with Gasteiger partial charge in [-0.3, -0.25) is 33.3 Å². The molecule has 3 aliphatic heterocycles. The van der Waals surface area contributed by atoms with E-state index in [0.717, 1.165) is 23.3 Å². The van der Waals surface area contributed by atoms with Gasteiger partial charge in [0.05, 0.1) is 54.8 Å². The molecule has 1 aromatic heterocycles. The summed E-state index contributed by atoms with van der Waals surface area (Å²) in [5.74, 6) is -2.34. The Morgan fingerprint density at radius 1 is 0.768 bits per heavy atom. The molecule has 0 spiro atoms. The molecule has 0 saturated carbocycles. The summed E-state index contributed by atoms with van der Waals surface area (Å²) in [4.78, 5) is 119. The first-order valence-electron chi connectivity index (χ1n) is 32.5. The summed E-state index contributed by atoms with van der Waals surface area (Å²) in [5.41, 5.74) is 3.45. The molecule has 0 aliphatic carbocycles. The number of aromatic nitrogens is 3. The molecule has 518 valence electrons. The van der Waals surface area contributed by atoms with Crippen LogP contribution in [0.5, 0.6) is 0 Å². The number of amides is 9. The molecule has 3 aromatic carbocycles. The number of thioether (sulfide) groups is 1. The second kappa shape index (κ2) is 33.6. The molecule has 95 heavy (non-hydrogen) atoms. The number of benzene rings is 3. The highest BCUT2D eigenvalue weighted by molar-refractivity contribution is 8.00. The SMILES string of the molecule is CC(C)CC(NC(=O)[C@H](CC(C)C)NC(=O)OCc1ccc(C(=O)NCC(C)(C)COCC(C)(C)n2nnc3c2-c2ccccc2CN(C(=O)CCNC(=O)C(CNC(=O)CCCC[C@@H]2SCC4NC(=O)NC42)S(=O)(=O)O)c2ccccc2-3)cc1)C(=O)N[C@H](C=O)CC(C)C. The first kappa shape index (κ1) is 74.4. The Hall–Kier alpha value is -7.95. The van der Waals surface area contributed by atoms with Crippen molar-refractivity contribution in [2.24, 2.45) is 23.2 Å². The van der Waals surface area contributed by atoms with Gasteiger partial charge in [0.2, 0.25) is 29.5 Å². The molecular weight excluding hydrogens is 1260 g/mol. The Labute approximate surface area is 560 Å². The first-order valence-corrected chi connectivity index (χ1v) is 35.1. The molecule has 2 fully saturated rings. The van der Waals surface area contributed by atoms with Gasteiger partial charge in [-0.1, -0.05) is 122 Å². The Balaban J connectivity index is 0.891. The number of hydrogen-bond acceptors (Lipinski definition) is 16. The molecule has 2 saturated heterocycles. The maximum atomic E-state index is 14.3. The summed E-state index contributed by atoms with van der Waals surface area (Å²) in [6.07, 6.45) is 2.65. The molecule has 7 atom stereocenters. The third-order valence-corrected chi connectivity index (χ3v) is 19.2. The number of anilines is 1. The van der Waals surface area contributed by atoms with E-state index >= 15 is 0 Å². The van der Waals surface area contributed by atoms with Gasteiger partial charge in [-0.15, -0.1) is 5.10 Å². The maximum Gasteiger partial charge on any atom is 0.408 e. The summed E-state index contributed by atoms with van der Waals surface area (Å²) >= 11 is 1.76. The second-order valence-electron chi connectivity index (χ2n) is 27.4. The smallest absolute Gasteiger partial charge is 0.408 e. The fourth-order valence-electron chi connectivity index (χ4n) is 11.7. The van der Waals surface area contributed by atoms with Crippen LogP contribution in [0.25, 0.3) is 22.5 Å². The van der Waals surface area contributed by atoms with Crippen LogP contribution in [0.4, 0.5) is 15.3 Å². The van der Waals surface area contributed by atoms with Gasteiger partial charge in [-0.2, -0.15) is 20.2 Å². The molecule has 7 rings (SSSR count). The van der Waals surface area contributed by atoms with Crippen molar-refractivity contribution in [2.75, 3.05) is 43.5 Å². The highest BCUT2D eigenvalue weighted by atomic mass is 32.2. The number of carbonyl (C=O) groups is 9. The monoisotopic (exact) mass is 1350 g/mol. The zero-order valence-corrected chi connectivity index (χ0v) is 57.6. The standard InChI is InChI=1S/C67H94N12O14S2/c1-40(2)29-46(34-80)71-61(84)49(30-41(3)4)72-62(85)50(31-42(5)6)74-65(88)93-35-43-23-25-44(26-24-43)60(83)70-37-66(7,8)38-92-39-67(9,10)79-59-47-18-12-11-17-45(47)33-78(52-20-14-13-19-48(52)57(59)76-77-79)56(82)27-28-68-63(86)54(95(89,90)91)32-69-55(81)22-16-15-21-53-58-51(36-94-53)73-64(87)75-58/h11-14,17-20,23-26,34,40-42,46,49-51,53-54,58H,15-16,21-22,27-33,35-39H2,1-10H3,(H,68,86)(H,69,81)(H,70,83)(H,71,84)(H,72,85)(H,74,88)(H2,73,75,87)(H,89,90,91)/t46-,49?,50-,51?,53-,54?,58?/m0/s1. The maximum absolute atomic E-state index is 14.3. The minimum absolute atomic E-state index is 0.00435. The molecule has 4 aromatic rings. The summed E-state index contributed by atoms with van der Waals surface area (Å²) in [7, 11) is -4.97. The van der Waals surface area contributed by atoms with Crippen molar-refractivity contribution < 1.29 is 65.6 Å². The number of ether oxygens (including phenoxy) is 2. The average Bonchev–Trinajstić information content (AvgIpc) is 1.67. The number of nitrogens with zero attached hydrogens (tertiary/aromatic N) is 4. The van der Waals surface area contributed by atoms with E-state index in [0.29, 0.717) is 65.7 Å². The minimum atomic E-state index is -4.97. The van der Waals surface area contributed by atoms with Gasteiger partial charge in [-0.25, -0.2) is 14.3 Å². The summed E-state index contributed by atoms with van der Waals surface area (Å²) in [6, 6.07) is 18.6. The predicted molar refractivity (Wildman–Crippen MR) is 360 cm³/mol. The number of para-hydroxylation sites is 1. The Morgan fingerprint density at radius 2 is 1.42 bits per heavy atom. The lowest BCUT2D eigenvalue weighted by Crippen LogP contribution is -2.55. The third kappa shape index (κ3) is 21.3. The van der Waals surface area contributed by atoms with E-state index in [-0.39, 0.29) is 106 Å². The Bertz CT molecular complexity index is 3490. The quantitative estimate of drug-likeness (QED) is 0.0109. The van der Waals surface area contributed by atoms with Crippen molar-refractivity contribution in [1.82, 2.24) is 57.5 Å². The third-order valence-electron chi connectivity index (χ3n) is 16.6. The van der Waals surface area contributed by atoms with Crippen LogP contribution in [0.2, 0.25) is 0 Å². The number of carbonyl (C=O) groups excluding carboxylic acids is 9. The van der Waals surface area contributed by atoms with Gasteiger partial charge in [0, 0.05) is 65.6 Å². The van der Waals surface area contributed by atoms with E-state index < -0.39 is 86.6 Å². The molecule has 9 N–H and O–H groups in total. The topological polar surface area (TPSA) is 357 Å². The van der Waals surface area contributed by atoms with Gasteiger partial charge in [0.15, 0.2) is 5.25 Å². The van der Waals surface area contributed by atoms with Crippen LogP contribution in [-0.2, 0) is 67.0 Å². The second-order valence-corrected chi connectivity index (χ2v) is 30.3. The Kier molecular flexibility index (Phi) is 26.4. The van der Waals surface area contributed by atoms with Crippen molar-refractivity contribution in [3.05, 3.63) is 89.5 Å². The van der Waals surface area contributed by atoms with Crippen molar-refractivity contribution in [3.8, 4) is 22.5 Å². The van der Waals surface area contributed by atoms with Crippen LogP contribution in [0.15, 0.2) is 72.8 Å². The largest absolute Gasteiger partial charge is 0.445 e. The lowest BCUT2D eigenvalue weighted by Gasteiger charge is -2.32. The molecule has 3 aliphatic rings. The van der Waals surface area contributed by atoms with Crippen molar-refractivity contribution in [2.45, 2.75) is 180 Å². The van der Waals surface area contributed by atoms with Crippen LogP contribution in [0.1, 0.15) is 142 Å². The average molecular weight is 1360 g/mol. The first-order chi connectivity index (χ1) is 44.9. The number of hydrogen-bond donors (Lipinski definition) is 9. The van der Waals surface area contributed by atoms with Gasteiger partial charge >= 0.3 is 12.1 Å². The number of alkyl carbamates (subject to hydrolysis) is 1. The van der Waals surface area contributed by atoms with E-state index in [1.54, 1.807) is 53.1 Å². The highest BCUT2D eigenvalue weighted by Gasteiger charge is 2.43. The number of urea groups is 1. The van der Waals surface area contributed by atoms with Crippen LogP contribution >= 0.6 is 11.8 Å². The van der Waals surface area contributed by atoms with Crippen molar-refractivity contribution in [1.29, 1.82) is 0 Å². The number of unbranched alkanes of at least 4 members (excludes halogenated alkanes) is 1.